The summed E-state index contributed by atoms with van der Waals surface area (Å²) in [4.78, 5) is 15.1. The number of carbonyl (C=O) groups excluding carboxylic acids is 1. The molecule has 1 aliphatic rings. The van der Waals surface area contributed by atoms with Gasteiger partial charge in [-0.15, -0.1) is 11.3 Å². The van der Waals surface area contributed by atoms with E-state index in [9.17, 15) is 4.79 Å². The Morgan fingerprint density at radius 2 is 2.33 bits per heavy atom. The van der Waals surface area contributed by atoms with Gasteiger partial charge in [-0.2, -0.15) is 0 Å². The van der Waals surface area contributed by atoms with Gasteiger partial charge >= 0.3 is 6.09 Å². The molecule has 0 radical (unpaired) electrons. The highest BCUT2D eigenvalue weighted by Crippen LogP contribution is 2.32. The van der Waals surface area contributed by atoms with Gasteiger partial charge in [0.1, 0.15) is 5.60 Å². The van der Waals surface area contributed by atoms with Crippen molar-refractivity contribution in [2.45, 2.75) is 38.8 Å². The highest BCUT2D eigenvalue weighted by atomic mass is 32.1. The number of amides is 1. The van der Waals surface area contributed by atoms with E-state index in [-0.39, 0.29) is 12.0 Å². The smallest absolute Gasteiger partial charge is 0.410 e. The highest BCUT2D eigenvalue weighted by molar-refractivity contribution is 7.10. The Labute approximate surface area is 112 Å². The van der Waals surface area contributed by atoms with Crippen LogP contribution in [0.25, 0.3) is 0 Å². The molecule has 4 nitrogen and oxygen atoms in total. The third-order valence-electron chi connectivity index (χ3n) is 2.89. The summed E-state index contributed by atoms with van der Waals surface area (Å²) in [5.41, 5.74) is 6.54. The molecule has 2 heterocycles. The monoisotopic (exact) mass is 268 g/mol. The van der Waals surface area contributed by atoms with Gasteiger partial charge in [-0.05, 0) is 37.8 Å². The van der Waals surface area contributed by atoms with Crippen LogP contribution in [0.3, 0.4) is 0 Å². The number of ether oxygens (including phenoxy) is 1. The summed E-state index contributed by atoms with van der Waals surface area (Å²) in [6.45, 7) is 7.48. The van der Waals surface area contributed by atoms with Crippen LogP contribution in [0.4, 0.5) is 4.79 Å². The standard InChI is InChI=1S/C13H20N2O2S/c1-13(2,3)17-12(16)15-7-9-4-5-18-11(9)10(6-14)8-15/h4-5,10H,6-8,14H2,1-3H3. The maximum absolute atomic E-state index is 12.1. The molecule has 18 heavy (non-hydrogen) atoms. The van der Waals surface area contributed by atoms with Crippen molar-refractivity contribution in [3.05, 3.63) is 21.9 Å². The Hall–Kier alpha value is -1.07. The minimum Gasteiger partial charge on any atom is -0.444 e. The van der Waals surface area contributed by atoms with Gasteiger partial charge in [-0.1, -0.05) is 0 Å². The third-order valence-corrected chi connectivity index (χ3v) is 4.01. The van der Waals surface area contributed by atoms with Crippen LogP contribution in [-0.2, 0) is 11.3 Å². The van der Waals surface area contributed by atoms with Crippen molar-refractivity contribution in [2.75, 3.05) is 13.1 Å². The van der Waals surface area contributed by atoms with E-state index < -0.39 is 5.60 Å². The second-order valence-corrected chi connectivity index (χ2v) is 6.55. The molecule has 2 rings (SSSR count). The van der Waals surface area contributed by atoms with E-state index >= 15 is 0 Å². The summed E-state index contributed by atoms with van der Waals surface area (Å²) in [5, 5.41) is 2.06. The van der Waals surface area contributed by atoms with Gasteiger partial charge in [0.15, 0.2) is 0 Å². The lowest BCUT2D eigenvalue weighted by molar-refractivity contribution is 0.0209. The molecule has 1 aliphatic heterocycles. The first kappa shape index (κ1) is 13.4. The molecule has 2 N–H and O–H groups in total. The molecule has 5 heteroatoms. The summed E-state index contributed by atoms with van der Waals surface area (Å²) >= 11 is 1.73. The quantitative estimate of drug-likeness (QED) is 0.851. The molecule has 0 aliphatic carbocycles. The molecular formula is C13H20N2O2S. The molecule has 100 valence electrons. The van der Waals surface area contributed by atoms with Crippen molar-refractivity contribution in [1.82, 2.24) is 4.90 Å². The van der Waals surface area contributed by atoms with Crippen molar-refractivity contribution in [3.8, 4) is 0 Å². The van der Waals surface area contributed by atoms with Crippen molar-refractivity contribution >= 4 is 17.4 Å². The first-order valence-electron chi connectivity index (χ1n) is 6.15. The topological polar surface area (TPSA) is 55.6 Å². The third kappa shape index (κ3) is 2.84. The minimum absolute atomic E-state index is 0.237. The number of nitrogens with two attached hydrogens (primary N) is 1. The maximum atomic E-state index is 12.1. The van der Waals surface area contributed by atoms with E-state index in [2.05, 4.69) is 11.4 Å². The van der Waals surface area contributed by atoms with Crippen LogP contribution in [0, 0.1) is 0 Å². The zero-order valence-electron chi connectivity index (χ0n) is 11.1. The fourth-order valence-corrected chi connectivity index (χ4v) is 3.13. The minimum atomic E-state index is -0.454. The summed E-state index contributed by atoms with van der Waals surface area (Å²) < 4.78 is 5.41. The van der Waals surface area contributed by atoms with Crippen LogP contribution >= 0.6 is 11.3 Å². The molecule has 1 aromatic rings. The molecule has 1 atom stereocenters. The SMILES string of the molecule is CC(C)(C)OC(=O)N1Cc2ccsc2C(CN)C1. The van der Waals surface area contributed by atoms with Gasteiger partial charge in [-0.3, -0.25) is 0 Å². The molecule has 0 saturated heterocycles. The van der Waals surface area contributed by atoms with Gasteiger partial charge in [0, 0.05) is 23.9 Å². The van der Waals surface area contributed by atoms with Crippen LogP contribution in [0.15, 0.2) is 11.4 Å². The highest BCUT2D eigenvalue weighted by Gasteiger charge is 2.30. The first-order chi connectivity index (χ1) is 8.40. The van der Waals surface area contributed by atoms with E-state index in [0.717, 1.165) is 0 Å². The molecule has 1 unspecified atom stereocenters. The number of hydrogen-bond donors (Lipinski definition) is 1. The summed E-state index contributed by atoms with van der Waals surface area (Å²) in [7, 11) is 0. The predicted octanol–water partition coefficient (Wildman–Crippen LogP) is 2.54. The zero-order valence-corrected chi connectivity index (χ0v) is 11.9. The Balaban J connectivity index is 2.12. The number of carbonyl (C=O) groups is 1. The van der Waals surface area contributed by atoms with Crippen LogP contribution in [-0.4, -0.2) is 29.7 Å². The molecule has 1 aromatic heterocycles. The van der Waals surface area contributed by atoms with Gasteiger partial charge in [0.2, 0.25) is 0 Å². The average molecular weight is 268 g/mol. The Bertz CT molecular complexity index is 436. The lowest BCUT2D eigenvalue weighted by Crippen LogP contribution is -2.42. The van der Waals surface area contributed by atoms with Crippen LogP contribution in [0.5, 0.6) is 0 Å². The lowest BCUT2D eigenvalue weighted by atomic mass is 9.99. The van der Waals surface area contributed by atoms with Crippen molar-refractivity contribution in [1.29, 1.82) is 0 Å². The van der Waals surface area contributed by atoms with Crippen molar-refractivity contribution in [2.24, 2.45) is 5.73 Å². The summed E-state index contributed by atoms with van der Waals surface area (Å²) in [6, 6.07) is 2.07. The van der Waals surface area contributed by atoms with Crippen molar-refractivity contribution < 1.29 is 9.53 Å². The fourth-order valence-electron chi connectivity index (χ4n) is 2.10. The lowest BCUT2D eigenvalue weighted by Gasteiger charge is -2.33. The molecule has 0 fully saturated rings. The van der Waals surface area contributed by atoms with E-state index in [1.165, 1.54) is 10.4 Å². The number of fused-ring (bicyclic) bond motifs is 1. The van der Waals surface area contributed by atoms with Crippen LogP contribution in [0.2, 0.25) is 0 Å². The average Bonchev–Trinajstić information content (AvgIpc) is 2.73. The summed E-state index contributed by atoms with van der Waals surface area (Å²) in [5.74, 6) is 0.237. The second-order valence-electron chi connectivity index (χ2n) is 5.60. The molecule has 0 bridgehead atoms. The largest absolute Gasteiger partial charge is 0.444 e. The van der Waals surface area contributed by atoms with Crippen molar-refractivity contribution in [3.63, 3.8) is 0 Å². The Morgan fingerprint density at radius 3 is 2.94 bits per heavy atom. The van der Waals surface area contributed by atoms with Gasteiger partial charge in [0.25, 0.3) is 0 Å². The first-order valence-corrected chi connectivity index (χ1v) is 7.03. The summed E-state index contributed by atoms with van der Waals surface area (Å²) in [6.07, 6.45) is -0.252. The molecule has 0 aromatic carbocycles. The fraction of sp³-hybridized carbons (Fsp3) is 0.615. The Kier molecular flexibility index (Phi) is 3.64. The zero-order chi connectivity index (χ0) is 13.3. The molecule has 1 amide bonds. The number of rotatable bonds is 1. The van der Waals surface area contributed by atoms with Gasteiger partial charge in [-0.25, -0.2) is 4.79 Å². The predicted molar refractivity (Wildman–Crippen MR) is 72.8 cm³/mol. The Morgan fingerprint density at radius 1 is 1.61 bits per heavy atom. The molecule has 0 spiro atoms. The van der Waals surface area contributed by atoms with Crippen LogP contribution < -0.4 is 5.73 Å². The number of thiophene rings is 1. The molecule has 0 saturated carbocycles. The van der Waals surface area contributed by atoms with Gasteiger partial charge in [0.05, 0.1) is 6.54 Å². The van der Waals surface area contributed by atoms with E-state index in [1.807, 2.05) is 20.8 Å². The molecular weight excluding hydrogens is 248 g/mol. The second kappa shape index (κ2) is 4.90. The maximum Gasteiger partial charge on any atom is 0.410 e. The normalized spacial score (nSPS) is 19.6. The van der Waals surface area contributed by atoms with E-state index in [0.29, 0.717) is 19.6 Å². The van der Waals surface area contributed by atoms with E-state index in [4.69, 9.17) is 10.5 Å². The van der Waals surface area contributed by atoms with Gasteiger partial charge < -0.3 is 15.4 Å². The number of nitrogens with zero attached hydrogens (tertiary/aromatic N) is 1. The van der Waals surface area contributed by atoms with E-state index in [1.54, 1.807) is 16.2 Å². The number of hydrogen-bond acceptors (Lipinski definition) is 4. The van der Waals surface area contributed by atoms with Crippen LogP contribution in [0.1, 0.15) is 37.1 Å².